The van der Waals surface area contributed by atoms with E-state index in [1.807, 2.05) is 6.92 Å². The van der Waals surface area contributed by atoms with E-state index in [1.54, 1.807) is 7.05 Å². The molecule has 15 heavy (non-hydrogen) atoms. The highest BCUT2D eigenvalue weighted by atomic mass is 79.9. The zero-order valence-electron chi connectivity index (χ0n) is 8.79. The van der Waals surface area contributed by atoms with Crippen LogP contribution in [0.3, 0.4) is 0 Å². The minimum absolute atomic E-state index is 0.162. The summed E-state index contributed by atoms with van der Waals surface area (Å²) in [5, 5.41) is 14.9. The molecule has 1 aromatic heterocycles. The van der Waals surface area contributed by atoms with Crippen LogP contribution in [0.2, 0.25) is 0 Å². The number of aliphatic hydroxyl groups is 1. The summed E-state index contributed by atoms with van der Waals surface area (Å²) in [5.74, 6) is 1.47. The number of hydrogen-bond acceptors (Lipinski definition) is 5. The maximum Gasteiger partial charge on any atom is 0.146 e. The molecule has 0 spiro atoms. The van der Waals surface area contributed by atoms with Gasteiger partial charge < -0.3 is 15.7 Å². The van der Waals surface area contributed by atoms with Crippen molar-refractivity contribution in [3.8, 4) is 0 Å². The highest BCUT2D eigenvalue weighted by Gasteiger charge is 2.09. The fourth-order valence-corrected chi connectivity index (χ4v) is 1.66. The molecule has 1 heterocycles. The smallest absolute Gasteiger partial charge is 0.146 e. The van der Waals surface area contributed by atoms with Gasteiger partial charge >= 0.3 is 0 Å². The van der Waals surface area contributed by atoms with Crippen LogP contribution >= 0.6 is 15.9 Å². The Morgan fingerprint density at radius 3 is 2.73 bits per heavy atom. The van der Waals surface area contributed by atoms with Crippen LogP contribution in [0.15, 0.2) is 10.8 Å². The maximum atomic E-state index is 8.79. The maximum absolute atomic E-state index is 8.79. The van der Waals surface area contributed by atoms with Crippen molar-refractivity contribution in [2.45, 2.75) is 19.4 Å². The molecule has 6 heteroatoms. The number of anilines is 2. The summed E-state index contributed by atoms with van der Waals surface area (Å²) < 4.78 is 0.803. The Kier molecular flexibility index (Phi) is 4.77. The zero-order valence-corrected chi connectivity index (χ0v) is 10.4. The Morgan fingerprint density at radius 2 is 2.13 bits per heavy atom. The second-order valence-corrected chi connectivity index (χ2v) is 3.99. The van der Waals surface area contributed by atoms with Crippen LogP contribution in [0.1, 0.15) is 13.3 Å². The molecular weight excluding hydrogens is 260 g/mol. The van der Waals surface area contributed by atoms with Gasteiger partial charge in [-0.1, -0.05) is 0 Å². The highest BCUT2D eigenvalue weighted by Crippen LogP contribution is 2.26. The molecule has 0 aliphatic heterocycles. The molecular formula is C9H15BrN4O. The summed E-state index contributed by atoms with van der Waals surface area (Å²) in [6.45, 7) is 2.15. The second-order valence-electron chi connectivity index (χ2n) is 3.19. The van der Waals surface area contributed by atoms with Crippen molar-refractivity contribution in [3.05, 3.63) is 10.8 Å². The highest BCUT2D eigenvalue weighted by molar-refractivity contribution is 9.10. The van der Waals surface area contributed by atoms with Gasteiger partial charge in [-0.05, 0) is 29.3 Å². The third-order valence-electron chi connectivity index (χ3n) is 1.97. The van der Waals surface area contributed by atoms with Crippen molar-refractivity contribution in [3.63, 3.8) is 0 Å². The fraction of sp³-hybridized carbons (Fsp3) is 0.556. The Hall–Kier alpha value is -0.880. The van der Waals surface area contributed by atoms with Crippen molar-refractivity contribution in [1.29, 1.82) is 0 Å². The van der Waals surface area contributed by atoms with E-state index in [9.17, 15) is 0 Å². The molecule has 0 saturated carbocycles. The van der Waals surface area contributed by atoms with Gasteiger partial charge in [0.15, 0.2) is 0 Å². The van der Waals surface area contributed by atoms with Crippen LogP contribution in [-0.2, 0) is 0 Å². The van der Waals surface area contributed by atoms with Crippen LogP contribution < -0.4 is 10.6 Å². The van der Waals surface area contributed by atoms with Gasteiger partial charge in [0.2, 0.25) is 0 Å². The van der Waals surface area contributed by atoms with Crippen LogP contribution in [0.4, 0.5) is 11.6 Å². The first-order chi connectivity index (χ1) is 7.19. The summed E-state index contributed by atoms with van der Waals surface area (Å²) >= 11 is 3.41. The first-order valence-corrected chi connectivity index (χ1v) is 5.54. The number of halogens is 1. The predicted octanol–water partition coefficient (Wildman–Crippen LogP) is 1.46. The summed E-state index contributed by atoms with van der Waals surface area (Å²) in [7, 11) is 1.80. The van der Waals surface area contributed by atoms with E-state index in [0.29, 0.717) is 6.42 Å². The standard InChI is InChI=1S/C9H15BrN4O/c1-6(3-4-15)14-9-7(10)8(11-2)12-5-13-9/h5-6,15H,3-4H2,1-2H3,(H2,11,12,13,14). The van der Waals surface area contributed by atoms with Gasteiger partial charge in [-0.2, -0.15) is 0 Å². The molecule has 0 amide bonds. The summed E-state index contributed by atoms with van der Waals surface area (Å²) in [6.07, 6.45) is 2.18. The summed E-state index contributed by atoms with van der Waals surface area (Å²) in [6, 6.07) is 0.172. The van der Waals surface area contributed by atoms with Crippen molar-refractivity contribution in [1.82, 2.24) is 9.97 Å². The van der Waals surface area contributed by atoms with E-state index in [4.69, 9.17) is 5.11 Å². The van der Waals surface area contributed by atoms with Crippen LogP contribution in [0.5, 0.6) is 0 Å². The second kappa shape index (κ2) is 5.87. The minimum atomic E-state index is 0.162. The van der Waals surface area contributed by atoms with Gasteiger partial charge in [-0.3, -0.25) is 0 Å². The lowest BCUT2D eigenvalue weighted by atomic mass is 10.2. The van der Waals surface area contributed by atoms with E-state index in [2.05, 4.69) is 36.5 Å². The number of nitrogens with one attached hydrogen (secondary N) is 2. The van der Waals surface area contributed by atoms with Crippen LogP contribution in [0.25, 0.3) is 0 Å². The van der Waals surface area contributed by atoms with E-state index in [-0.39, 0.29) is 12.6 Å². The lowest BCUT2D eigenvalue weighted by Crippen LogP contribution is -2.18. The summed E-state index contributed by atoms with van der Waals surface area (Å²) in [4.78, 5) is 8.17. The van der Waals surface area contributed by atoms with Gasteiger partial charge in [0.05, 0.1) is 0 Å². The third-order valence-corrected chi connectivity index (χ3v) is 2.72. The molecule has 3 N–H and O–H groups in total. The topological polar surface area (TPSA) is 70.1 Å². The molecule has 84 valence electrons. The Labute approximate surface area is 97.5 Å². The molecule has 0 saturated heterocycles. The molecule has 1 atom stereocenters. The normalized spacial score (nSPS) is 12.3. The van der Waals surface area contributed by atoms with E-state index >= 15 is 0 Å². The molecule has 1 unspecified atom stereocenters. The average molecular weight is 275 g/mol. The largest absolute Gasteiger partial charge is 0.396 e. The fourth-order valence-electron chi connectivity index (χ4n) is 1.14. The van der Waals surface area contributed by atoms with Crippen molar-refractivity contribution >= 4 is 27.6 Å². The molecule has 0 aliphatic rings. The molecule has 1 aromatic rings. The zero-order chi connectivity index (χ0) is 11.3. The minimum Gasteiger partial charge on any atom is -0.396 e. The molecule has 5 nitrogen and oxygen atoms in total. The lowest BCUT2D eigenvalue weighted by Gasteiger charge is -2.15. The first-order valence-electron chi connectivity index (χ1n) is 4.74. The van der Waals surface area contributed by atoms with Crippen LogP contribution in [0, 0.1) is 0 Å². The molecule has 0 bridgehead atoms. The van der Waals surface area contributed by atoms with Crippen molar-refractivity contribution in [2.24, 2.45) is 0 Å². The monoisotopic (exact) mass is 274 g/mol. The van der Waals surface area contributed by atoms with Gasteiger partial charge in [0.1, 0.15) is 22.4 Å². The molecule has 0 radical (unpaired) electrons. The van der Waals surface area contributed by atoms with E-state index in [0.717, 1.165) is 16.1 Å². The molecule has 0 aliphatic carbocycles. The van der Waals surface area contributed by atoms with Crippen molar-refractivity contribution < 1.29 is 5.11 Å². The number of hydrogen-bond donors (Lipinski definition) is 3. The summed E-state index contributed by atoms with van der Waals surface area (Å²) in [5.41, 5.74) is 0. The van der Waals surface area contributed by atoms with Gasteiger partial charge in [0.25, 0.3) is 0 Å². The van der Waals surface area contributed by atoms with E-state index in [1.165, 1.54) is 6.33 Å². The lowest BCUT2D eigenvalue weighted by molar-refractivity contribution is 0.282. The molecule has 0 fully saturated rings. The molecule has 0 aromatic carbocycles. The number of aliphatic hydroxyl groups excluding tert-OH is 1. The Morgan fingerprint density at radius 1 is 1.47 bits per heavy atom. The Bertz CT molecular complexity index is 321. The van der Waals surface area contributed by atoms with Gasteiger partial charge in [0, 0.05) is 19.7 Å². The van der Waals surface area contributed by atoms with Crippen LogP contribution in [-0.4, -0.2) is 34.8 Å². The quantitative estimate of drug-likeness (QED) is 0.759. The molecule has 1 rings (SSSR count). The SMILES string of the molecule is CNc1ncnc(NC(C)CCO)c1Br. The van der Waals surface area contributed by atoms with Gasteiger partial charge in [-0.25, -0.2) is 9.97 Å². The Balaban J connectivity index is 2.76. The first kappa shape index (κ1) is 12.2. The number of nitrogens with zero attached hydrogens (tertiary/aromatic N) is 2. The van der Waals surface area contributed by atoms with E-state index < -0.39 is 0 Å². The number of rotatable bonds is 5. The average Bonchev–Trinajstić information content (AvgIpc) is 2.21. The van der Waals surface area contributed by atoms with Gasteiger partial charge in [-0.15, -0.1) is 0 Å². The number of aromatic nitrogens is 2. The predicted molar refractivity (Wildman–Crippen MR) is 64.1 cm³/mol. The third kappa shape index (κ3) is 3.32. The van der Waals surface area contributed by atoms with Crippen molar-refractivity contribution in [2.75, 3.05) is 24.3 Å².